The van der Waals surface area contributed by atoms with Crippen LogP contribution in [0.2, 0.25) is 0 Å². The molecule has 19 heavy (non-hydrogen) atoms. The van der Waals surface area contributed by atoms with Crippen LogP contribution < -0.4 is 0 Å². The summed E-state index contributed by atoms with van der Waals surface area (Å²) in [5.74, 6) is 0.988. The van der Waals surface area contributed by atoms with Crippen LogP contribution in [0.1, 0.15) is 66.7 Å². The highest BCUT2D eigenvalue weighted by Gasteiger charge is 2.39. The normalized spacial score (nSPS) is 30.1. The Morgan fingerprint density at radius 1 is 1.32 bits per heavy atom. The van der Waals surface area contributed by atoms with E-state index >= 15 is 0 Å². The molecule has 110 valence electrons. The van der Waals surface area contributed by atoms with Crippen molar-refractivity contribution in [3.05, 3.63) is 0 Å². The van der Waals surface area contributed by atoms with Gasteiger partial charge in [0.1, 0.15) is 0 Å². The quantitative estimate of drug-likeness (QED) is 0.733. The molecule has 2 nitrogen and oxygen atoms in total. The van der Waals surface area contributed by atoms with Crippen molar-refractivity contribution in [2.45, 2.75) is 78.8 Å². The van der Waals surface area contributed by atoms with Crippen molar-refractivity contribution in [1.82, 2.24) is 4.90 Å². The van der Waals surface area contributed by atoms with Crippen molar-refractivity contribution in [2.75, 3.05) is 7.05 Å². The lowest BCUT2D eigenvalue weighted by Crippen LogP contribution is -2.47. The van der Waals surface area contributed by atoms with Crippen molar-refractivity contribution in [1.29, 1.82) is 5.26 Å². The first-order chi connectivity index (χ1) is 8.87. The predicted octanol–water partition coefficient (Wildman–Crippen LogP) is 4.46. The Kier molecular flexibility index (Phi) is 5.86. The molecule has 1 saturated carbocycles. The number of nitrogens with zero attached hydrogens (tertiary/aromatic N) is 2. The summed E-state index contributed by atoms with van der Waals surface area (Å²) in [6.45, 7) is 11.6. The van der Waals surface area contributed by atoms with Crippen LogP contribution in [-0.2, 0) is 0 Å². The fourth-order valence-corrected chi connectivity index (χ4v) is 3.36. The molecule has 0 aliphatic heterocycles. The third-order valence-electron chi connectivity index (χ3n) is 5.81. The number of hydrogen-bond acceptors (Lipinski definition) is 2. The van der Waals surface area contributed by atoms with Crippen LogP contribution in [0.5, 0.6) is 0 Å². The highest BCUT2D eigenvalue weighted by atomic mass is 15.2. The Labute approximate surface area is 120 Å². The van der Waals surface area contributed by atoms with Crippen LogP contribution in [0.15, 0.2) is 0 Å². The second-order valence-electron chi connectivity index (χ2n) is 7.08. The van der Waals surface area contributed by atoms with Gasteiger partial charge in [0, 0.05) is 12.1 Å². The summed E-state index contributed by atoms with van der Waals surface area (Å²) in [5, 5.41) is 9.43. The fourth-order valence-electron chi connectivity index (χ4n) is 3.36. The average molecular weight is 264 g/mol. The lowest BCUT2D eigenvalue weighted by Gasteiger charge is -2.45. The van der Waals surface area contributed by atoms with Crippen LogP contribution in [0, 0.1) is 28.6 Å². The maximum absolute atomic E-state index is 9.43. The van der Waals surface area contributed by atoms with Crippen molar-refractivity contribution in [3.63, 3.8) is 0 Å². The van der Waals surface area contributed by atoms with Gasteiger partial charge < -0.3 is 0 Å². The van der Waals surface area contributed by atoms with Gasteiger partial charge in [-0.25, -0.2) is 0 Å². The number of hydrogen-bond donors (Lipinski definition) is 0. The minimum absolute atomic E-state index is 0.225. The van der Waals surface area contributed by atoms with Gasteiger partial charge in [-0.15, -0.1) is 0 Å². The molecule has 4 unspecified atom stereocenters. The van der Waals surface area contributed by atoms with Gasteiger partial charge in [0.05, 0.1) is 12.0 Å². The molecule has 1 rings (SSSR count). The van der Waals surface area contributed by atoms with Crippen LogP contribution in [-0.4, -0.2) is 24.0 Å². The molecule has 0 amide bonds. The third-order valence-corrected chi connectivity index (χ3v) is 5.81. The molecule has 0 saturated heterocycles. The molecular formula is C17H32N2. The molecule has 0 aromatic rings. The van der Waals surface area contributed by atoms with Gasteiger partial charge in [0.15, 0.2) is 0 Å². The standard InChI is InChI=1S/C17H32N2/c1-7-13(3)19(6)16-11-15(17(4,5)8-2)10-9-14(16)12-18/h13-16H,7-11H2,1-6H3. The Bertz CT molecular complexity index is 316. The van der Waals surface area contributed by atoms with E-state index in [1.54, 1.807) is 0 Å². The van der Waals surface area contributed by atoms with Crippen LogP contribution in [0.4, 0.5) is 0 Å². The van der Waals surface area contributed by atoms with Crippen molar-refractivity contribution < 1.29 is 0 Å². The molecule has 0 bridgehead atoms. The molecule has 4 atom stereocenters. The van der Waals surface area contributed by atoms with Gasteiger partial charge in [0.2, 0.25) is 0 Å². The summed E-state index contributed by atoms with van der Waals surface area (Å²) in [6, 6.07) is 3.58. The number of rotatable bonds is 5. The van der Waals surface area contributed by atoms with E-state index in [2.05, 4.69) is 52.6 Å². The smallest absolute Gasteiger partial charge is 0.0672 e. The van der Waals surface area contributed by atoms with Crippen molar-refractivity contribution >= 4 is 0 Å². The van der Waals surface area contributed by atoms with E-state index in [0.29, 0.717) is 17.5 Å². The largest absolute Gasteiger partial charge is 0.299 e. The monoisotopic (exact) mass is 264 g/mol. The molecule has 0 aromatic heterocycles. The van der Waals surface area contributed by atoms with E-state index in [9.17, 15) is 5.26 Å². The topological polar surface area (TPSA) is 27.0 Å². The van der Waals surface area contributed by atoms with Gasteiger partial charge in [-0.1, -0.05) is 34.1 Å². The predicted molar refractivity (Wildman–Crippen MR) is 81.8 cm³/mol. The second-order valence-corrected chi connectivity index (χ2v) is 7.08. The molecule has 0 radical (unpaired) electrons. The minimum atomic E-state index is 0.225. The lowest BCUT2D eigenvalue weighted by atomic mass is 9.66. The zero-order chi connectivity index (χ0) is 14.6. The van der Waals surface area contributed by atoms with E-state index < -0.39 is 0 Å². The maximum atomic E-state index is 9.43. The average Bonchev–Trinajstić information content (AvgIpc) is 2.44. The van der Waals surface area contributed by atoms with E-state index in [4.69, 9.17) is 0 Å². The summed E-state index contributed by atoms with van der Waals surface area (Å²) < 4.78 is 0. The second kappa shape index (κ2) is 6.75. The molecule has 0 heterocycles. The molecule has 0 N–H and O–H groups in total. The van der Waals surface area contributed by atoms with Gasteiger partial charge in [0.25, 0.3) is 0 Å². The molecule has 1 fully saturated rings. The first-order valence-electron chi connectivity index (χ1n) is 7.98. The van der Waals surface area contributed by atoms with Crippen molar-refractivity contribution in [2.24, 2.45) is 17.3 Å². The molecule has 1 aliphatic rings. The van der Waals surface area contributed by atoms with Crippen molar-refractivity contribution in [3.8, 4) is 6.07 Å². The maximum Gasteiger partial charge on any atom is 0.0672 e. The van der Waals surface area contributed by atoms with Crippen LogP contribution in [0.25, 0.3) is 0 Å². The van der Waals surface area contributed by atoms with Crippen LogP contribution >= 0.6 is 0 Å². The van der Waals surface area contributed by atoms with E-state index in [1.807, 2.05) is 0 Å². The van der Waals surface area contributed by atoms with E-state index in [-0.39, 0.29) is 5.92 Å². The van der Waals surface area contributed by atoms with Gasteiger partial charge in [-0.3, -0.25) is 4.90 Å². The zero-order valence-electron chi connectivity index (χ0n) is 13.7. The highest BCUT2D eigenvalue weighted by Crippen LogP contribution is 2.43. The van der Waals surface area contributed by atoms with Gasteiger partial charge in [-0.05, 0) is 51.0 Å². The van der Waals surface area contributed by atoms with E-state index in [0.717, 1.165) is 18.8 Å². The lowest BCUT2D eigenvalue weighted by molar-refractivity contribution is 0.0465. The summed E-state index contributed by atoms with van der Waals surface area (Å²) in [5.41, 5.74) is 0.412. The molecular weight excluding hydrogens is 232 g/mol. The first kappa shape index (κ1) is 16.5. The molecule has 0 aromatic carbocycles. The van der Waals surface area contributed by atoms with Gasteiger partial charge >= 0.3 is 0 Å². The molecule has 1 aliphatic carbocycles. The molecule has 0 spiro atoms. The minimum Gasteiger partial charge on any atom is -0.299 e. The number of nitriles is 1. The van der Waals surface area contributed by atoms with E-state index in [1.165, 1.54) is 19.3 Å². The Balaban J connectivity index is 2.83. The summed E-state index contributed by atoms with van der Waals surface area (Å²) in [6.07, 6.45) is 5.89. The summed E-state index contributed by atoms with van der Waals surface area (Å²) in [4.78, 5) is 2.46. The Morgan fingerprint density at radius 3 is 2.42 bits per heavy atom. The third kappa shape index (κ3) is 3.72. The highest BCUT2D eigenvalue weighted by molar-refractivity contribution is 4.99. The summed E-state index contributed by atoms with van der Waals surface area (Å²) >= 11 is 0. The Hall–Kier alpha value is -0.550. The molecule has 2 heteroatoms. The fraction of sp³-hybridized carbons (Fsp3) is 0.941. The zero-order valence-corrected chi connectivity index (χ0v) is 13.7. The van der Waals surface area contributed by atoms with Gasteiger partial charge in [-0.2, -0.15) is 5.26 Å². The first-order valence-corrected chi connectivity index (χ1v) is 7.98. The summed E-state index contributed by atoms with van der Waals surface area (Å²) in [7, 11) is 2.21. The van der Waals surface area contributed by atoms with Crippen LogP contribution in [0.3, 0.4) is 0 Å². The SMILES string of the molecule is CCC(C)N(C)C1CC(C(C)(C)CC)CCC1C#N. The Morgan fingerprint density at radius 2 is 1.95 bits per heavy atom.